The molecule has 0 spiro atoms. The van der Waals surface area contributed by atoms with E-state index in [-0.39, 0.29) is 22.9 Å². The van der Waals surface area contributed by atoms with Crippen LogP contribution in [0.25, 0.3) is 5.76 Å². The van der Waals surface area contributed by atoms with Gasteiger partial charge in [-0.25, -0.2) is 0 Å². The number of ketones is 1. The van der Waals surface area contributed by atoms with Crippen LogP contribution in [0.5, 0.6) is 0 Å². The fourth-order valence-corrected chi connectivity index (χ4v) is 4.18. The van der Waals surface area contributed by atoms with Gasteiger partial charge < -0.3 is 10.0 Å². The summed E-state index contributed by atoms with van der Waals surface area (Å²) >= 11 is 18.4. The Bertz CT molecular complexity index is 1190. The summed E-state index contributed by atoms with van der Waals surface area (Å²) in [6.07, 6.45) is 3.23. The Labute approximate surface area is 193 Å². The molecular formula is C23H15Cl3N2O3. The third-order valence-corrected chi connectivity index (χ3v) is 5.80. The van der Waals surface area contributed by atoms with Crippen LogP contribution in [-0.4, -0.2) is 26.7 Å². The van der Waals surface area contributed by atoms with Gasteiger partial charge in [-0.15, -0.1) is 0 Å². The van der Waals surface area contributed by atoms with Crippen molar-refractivity contribution in [1.29, 1.82) is 0 Å². The molecule has 156 valence electrons. The van der Waals surface area contributed by atoms with Crippen molar-refractivity contribution in [3.63, 3.8) is 0 Å². The van der Waals surface area contributed by atoms with E-state index in [0.717, 1.165) is 5.56 Å². The summed E-state index contributed by atoms with van der Waals surface area (Å²) in [7, 11) is 0. The third-order valence-electron chi connectivity index (χ3n) is 4.99. The highest BCUT2D eigenvalue weighted by Crippen LogP contribution is 2.43. The average molecular weight is 474 g/mol. The summed E-state index contributed by atoms with van der Waals surface area (Å²) in [5, 5.41) is 12.2. The lowest BCUT2D eigenvalue weighted by Crippen LogP contribution is -2.29. The minimum Gasteiger partial charge on any atom is -0.507 e. The second kappa shape index (κ2) is 8.71. The summed E-state index contributed by atoms with van der Waals surface area (Å²) in [4.78, 5) is 31.5. The Hall–Kier alpha value is -2.86. The second-order valence-corrected chi connectivity index (χ2v) is 8.24. The molecule has 1 aromatic heterocycles. The molecule has 3 aromatic rings. The number of aliphatic hydroxyl groups excluding tert-OH is 1. The quantitative estimate of drug-likeness (QED) is 0.301. The molecule has 1 aliphatic heterocycles. The summed E-state index contributed by atoms with van der Waals surface area (Å²) < 4.78 is 0. The molecule has 4 rings (SSSR count). The van der Waals surface area contributed by atoms with Gasteiger partial charge in [-0.05, 0) is 53.6 Å². The zero-order chi connectivity index (χ0) is 22.1. The van der Waals surface area contributed by atoms with Gasteiger partial charge in [0.05, 0.1) is 11.6 Å². The van der Waals surface area contributed by atoms with E-state index in [1.165, 1.54) is 11.0 Å². The van der Waals surface area contributed by atoms with Gasteiger partial charge in [-0.2, -0.15) is 0 Å². The van der Waals surface area contributed by atoms with Crippen LogP contribution < -0.4 is 0 Å². The van der Waals surface area contributed by atoms with Gasteiger partial charge in [-0.1, -0.05) is 46.9 Å². The fraction of sp³-hybridized carbons (Fsp3) is 0.0870. The molecule has 1 atom stereocenters. The van der Waals surface area contributed by atoms with Crippen LogP contribution >= 0.6 is 34.8 Å². The highest BCUT2D eigenvalue weighted by molar-refractivity contribution is 6.47. The summed E-state index contributed by atoms with van der Waals surface area (Å²) in [5.74, 6) is -1.84. The van der Waals surface area contributed by atoms with E-state index in [2.05, 4.69) is 4.98 Å². The van der Waals surface area contributed by atoms with Crippen molar-refractivity contribution in [3.8, 4) is 0 Å². The van der Waals surface area contributed by atoms with E-state index in [1.807, 2.05) is 0 Å². The Morgan fingerprint density at radius 3 is 2.35 bits per heavy atom. The van der Waals surface area contributed by atoms with Crippen molar-refractivity contribution in [2.24, 2.45) is 0 Å². The number of halogens is 3. The first-order valence-corrected chi connectivity index (χ1v) is 10.4. The fourth-order valence-electron chi connectivity index (χ4n) is 3.54. The molecular weight excluding hydrogens is 459 g/mol. The van der Waals surface area contributed by atoms with E-state index in [0.29, 0.717) is 21.2 Å². The predicted molar refractivity (Wildman–Crippen MR) is 120 cm³/mol. The maximum atomic E-state index is 13.0. The number of aromatic nitrogens is 1. The van der Waals surface area contributed by atoms with E-state index in [9.17, 15) is 14.7 Å². The normalized spacial score (nSPS) is 17.9. The average Bonchev–Trinajstić information content (AvgIpc) is 2.99. The number of hydrogen-bond donors (Lipinski definition) is 1. The zero-order valence-electron chi connectivity index (χ0n) is 15.9. The molecule has 31 heavy (non-hydrogen) atoms. The Kier molecular flexibility index (Phi) is 6.01. The molecule has 0 bridgehead atoms. The first-order valence-electron chi connectivity index (χ1n) is 9.25. The van der Waals surface area contributed by atoms with Gasteiger partial charge in [-0.3, -0.25) is 14.6 Å². The number of benzene rings is 2. The number of pyridine rings is 1. The van der Waals surface area contributed by atoms with Crippen molar-refractivity contribution in [2.45, 2.75) is 12.6 Å². The van der Waals surface area contributed by atoms with Crippen LogP contribution in [0.4, 0.5) is 0 Å². The van der Waals surface area contributed by atoms with Crippen molar-refractivity contribution in [2.75, 3.05) is 0 Å². The summed E-state index contributed by atoms with van der Waals surface area (Å²) in [5.41, 5.74) is 1.51. The van der Waals surface area contributed by atoms with Gasteiger partial charge in [0.25, 0.3) is 11.7 Å². The number of likely N-dealkylation sites (tertiary alicyclic amines) is 1. The number of aliphatic hydroxyl groups is 1. The summed E-state index contributed by atoms with van der Waals surface area (Å²) in [6, 6.07) is 13.8. The molecule has 2 heterocycles. The molecule has 2 aromatic carbocycles. The van der Waals surface area contributed by atoms with Crippen molar-refractivity contribution >= 4 is 52.3 Å². The number of Topliss-reactive ketones (excluding diaryl/α,β-unsaturated/α-hetero) is 1. The molecule has 1 saturated heterocycles. The minimum absolute atomic E-state index is 0.0552. The van der Waals surface area contributed by atoms with Gasteiger partial charge in [0, 0.05) is 39.6 Å². The van der Waals surface area contributed by atoms with Crippen LogP contribution in [0.3, 0.4) is 0 Å². The van der Waals surface area contributed by atoms with Gasteiger partial charge in [0.2, 0.25) is 0 Å². The standard InChI is InChI=1S/C23H15Cl3N2O3/c24-15-5-3-14(4-6-15)21(29)19-20(17-8-7-16(25)10-18(17)26)28(23(31)22(19)30)12-13-2-1-9-27-11-13/h1-11,20,29H,12H2/b21-19+/t20-/m1/s1. The molecule has 5 nitrogen and oxygen atoms in total. The largest absolute Gasteiger partial charge is 0.507 e. The Morgan fingerprint density at radius 2 is 1.71 bits per heavy atom. The topological polar surface area (TPSA) is 70.5 Å². The lowest BCUT2D eigenvalue weighted by Gasteiger charge is -2.26. The first kappa shape index (κ1) is 21.4. The maximum Gasteiger partial charge on any atom is 0.295 e. The van der Waals surface area contributed by atoms with Crippen LogP contribution in [0.15, 0.2) is 72.6 Å². The number of amides is 1. The molecule has 1 aliphatic rings. The van der Waals surface area contributed by atoms with E-state index < -0.39 is 17.7 Å². The third kappa shape index (κ3) is 4.17. The molecule has 1 amide bonds. The van der Waals surface area contributed by atoms with E-state index in [1.54, 1.807) is 60.9 Å². The lowest BCUT2D eigenvalue weighted by atomic mass is 9.95. The summed E-state index contributed by atoms with van der Waals surface area (Å²) in [6.45, 7) is 0.111. The maximum absolute atomic E-state index is 13.0. The first-order chi connectivity index (χ1) is 14.9. The van der Waals surface area contributed by atoms with E-state index >= 15 is 0 Å². The highest BCUT2D eigenvalue weighted by Gasteiger charge is 2.46. The van der Waals surface area contributed by atoms with Crippen molar-refractivity contribution < 1.29 is 14.7 Å². The molecule has 1 fully saturated rings. The van der Waals surface area contributed by atoms with Crippen LogP contribution in [-0.2, 0) is 16.1 Å². The van der Waals surface area contributed by atoms with E-state index in [4.69, 9.17) is 34.8 Å². The number of rotatable bonds is 4. The second-order valence-electron chi connectivity index (χ2n) is 6.96. The van der Waals surface area contributed by atoms with Gasteiger partial charge in [0.15, 0.2) is 0 Å². The molecule has 0 aliphatic carbocycles. The van der Waals surface area contributed by atoms with Crippen LogP contribution in [0.1, 0.15) is 22.7 Å². The molecule has 0 radical (unpaired) electrons. The lowest BCUT2D eigenvalue weighted by molar-refractivity contribution is -0.140. The monoisotopic (exact) mass is 472 g/mol. The van der Waals surface area contributed by atoms with Gasteiger partial charge in [0.1, 0.15) is 5.76 Å². The Morgan fingerprint density at radius 1 is 1.00 bits per heavy atom. The smallest absolute Gasteiger partial charge is 0.295 e. The number of carbonyl (C=O) groups excluding carboxylic acids is 2. The number of carbonyl (C=O) groups is 2. The number of nitrogens with zero attached hydrogens (tertiary/aromatic N) is 2. The minimum atomic E-state index is -0.902. The molecule has 8 heteroatoms. The molecule has 0 unspecified atom stereocenters. The van der Waals surface area contributed by atoms with Gasteiger partial charge >= 0.3 is 0 Å². The number of hydrogen-bond acceptors (Lipinski definition) is 4. The highest BCUT2D eigenvalue weighted by atomic mass is 35.5. The van der Waals surface area contributed by atoms with Crippen LogP contribution in [0, 0.1) is 0 Å². The SMILES string of the molecule is O=C1C(=O)N(Cc2cccnc2)[C@H](c2ccc(Cl)cc2Cl)/C1=C(\O)c1ccc(Cl)cc1. The molecule has 0 saturated carbocycles. The Balaban J connectivity index is 1.89. The molecule has 1 N–H and O–H groups in total. The predicted octanol–water partition coefficient (Wildman–Crippen LogP) is 5.66. The zero-order valence-corrected chi connectivity index (χ0v) is 18.2. The van der Waals surface area contributed by atoms with Crippen LogP contribution in [0.2, 0.25) is 15.1 Å². The van der Waals surface area contributed by atoms with Crippen molar-refractivity contribution in [1.82, 2.24) is 9.88 Å². The van der Waals surface area contributed by atoms with Crippen molar-refractivity contribution in [3.05, 3.63) is 104 Å².